The molecular weight excluding hydrogens is 150 g/mol. The van der Waals surface area contributed by atoms with E-state index >= 15 is 0 Å². The van der Waals surface area contributed by atoms with Crippen molar-refractivity contribution in [1.82, 2.24) is 0 Å². The molecule has 0 radical (unpaired) electrons. The lowest BCUT2D eigenvalue weighted by Crippen LogP contribution is -1.95. The Morgan fingerprint density at radius 2 is 2.08 bits per heavy atom. The second-order valence-corrected chi connectivity index (χ2v) is 2.49. The van der Waals surface area contributed by atoms with Gasteiger partial charge < -0.3 is 4.79 Å². The maximum atomic E-state index is 10.2. The number of rotatable bonds is 3. The molecule has 0 fully saturated rings. The number of benzene rings is 1. The van der Waals surface area contributed by atoms with Gasteiger partial charge in [0.25, 0.3) is 0 Å². The lowest BCUT2D eigenvalue weighted by Gasteiger charge is -2.03. The average molecular weight is 159 g/mol. The molecule has 0 aromatic heterocycles. The third-order valence-electron chi connectivity index (χ3n) is 1.69. The molecule has 2 nitrogen and oxygen atoms in total. The van der Waals surface area contributed by atoms with E-state index in [1.54, 1.807) is 0 Å². The molecule has 60 valence electrons. The molecule has 0 aliphatic rings. The summed E-state index contributed by atoms with van der Waals surface area (Å²) in [7, 11) is 0. The second-order valence-electron chi connectivity index (χ2n) is 2.49. The van der Waals surface area contributed by atoms with Gasteiger partial charge in [0.2, 0.25) is 0 Å². The van der Waals surface area contributed by atoms with Gasteiger partial charge in [-0.2, -0.15) is 5.26 Å². The molecule has 0 saturated carbocycles. The smallest absolute Gasteiger partial charge is 0.121 e. The Morgan fingerprint density at radius 3 is 2.58 bits per heavy atom. The molecule has 1 atom stereocenters. The third-order valence-corrected chi connectivity index (χ3v) is 1.69. The molecule has 0 saturated heterocycles. The van der Waals surface area contributed by atoms with Gasteiger partial charge in [-0.3, -0.25) is 0 Å². The van der Waals surface area contributed by atoms with Crippen LogP contribution in [0.5, 0.6) is 0 Å². The predicted molar refractivity (Wildman–Crippen MR) is 45.5 cm³/mol. The molecule has 0 heterocycles. The standard InChI is InChI=1S/C10H9NO/c11-8-10(6-7-12)9-4-2-1-3-5-9/h1-5,7,10H,6H2. The van der Waals surface area contributed by atoms with Crippen LogP contribution in [0.1, 0.15) is 17.9 Å². The first kappa shape index (κ1) is 8.48. The Bertz CT molecular complexity index is 286. The van der Waals surface area contributed by atoms with E-state index < -0.39 is 0 Å². The van der Waals surface area contributed by atoms with Crippen molar-refractivity contribution in [3.63, 3.8) is 0 Å². The van der Waals surface area contributed by atoms with Crippen LogP contribution in [0.25, 0.3) is 0 Å². The van der Waals surface area contributed by atoms with Crippen LogP contribution in [0.3, 0.4) is 0 Å². The molecule has 1 rings (SSSR count). The van der Waals surface area contributed by atoms with Crippen molar-refractivity contribution in [2.24, 2.45) is 0 Å². The van der Waals surface area contributed by atoms with Crippen molar-refractivity contribution in [1.29, 1.82) is 5.26 Å². The van der Waals surface area contributed by atoms with E-state index in [0.29, 0.717) is 0 Å². The van der Waals surface area contributed by atoms with E-state index in [1.165, 1.54) is 0 Å². The van der Waals surface area contributed by atoms with Gasteiger partial charge in [0.15, 0.2) is 0 Å². The third kappa shape index (κ3) is 1.93. The summed E-state index contributed by atoms with van der Waals surface area (Å²) in [4.78, 5) is 10.2. The first-order valence-corrected chi connectivity index (χ1v) is 3.76. The Hall–Kier alpha value is -1.62. The van der Waals surface area contributed by atoms with Crippen molar-refractivity contribution in [2.75, 3.05) is 0 Å². The van der Waals surface area contributed by atoms with Gasteiger partial charge in [-0.25, -0.2) is 0 Å². The SMILES string of the molecule is N#CC(CC=O)c1ccccc1. The van der Waals surface area contributed by atoms with E-state index in [0.717, 1.165) is 11.8 Å². The molecule has 0 aliphatic heterocycles. The van der Waals surface area contributed by atoms with Gasteiger partial charge in [0.1, 0.15) is 6.29 Å². The predicted octanol–water partition coefficient (Wildman–Crippen LogP) is 1.88. The summed E-state index contributed by atoms with van der Waals surface area (Å²) in [5.74, 6) is -0.288. The van der Waals surface area contributed by atoms with Crippen LogP contribution in [-0.2, 0) is 4.79 Å². The van der Waals surface area contributed by atoms with Crippen LogP contribution < -0.4 is 0 Å². The number of nitrogens with zero attached hydrogens (tertiary/aromatic N) is 1. The van der Waals surface area contributed by atoms with Gasteiger partial charge in [-0.1, -0.05) is 30.3 Å². The molecule has 12 heavy (non-hydrogen) atoms. The highest BCUT2D eigenvalue weighted by Gasteiger charge is 2.07. The zero-order chi connectivity index (χ0) is 8.81. The van der Waals surface area contributed by atoms with E-state index in [1.807, 2.05) is 30.3 Å². The van der Waals surface area contributed by atoms with E-state index in [2.05, 4.69) is 6.07 Å². The summed E-state index contributed by atoms with van der Waals surface area (Å²) in [5.41, 5.74) is 0.909. The van der Waals surface area contributed by atoms with E-state index in [-0.39, 0.29) is 12.3 Å². The topological polar surface area (TPSA) is 40.9 Å². The van der Waals surface area contributed by atoms with Gasteiger partial charge in [-0.15, -0.1) is 0 Å². The van der Waals surface area contributed by atoms with E-state index in [4.69, 9.17) is 5.26 Å². The normalized spacial score (nSPS) is 11.6. The summed E-state index contributed by atoms with van der Waals surface area (Å²) < 4.78 is 0. The maximum Gasteiger partial charge on any atom is 0.121 e. The zero-order valence-electron chi connectivity index (χ0n) is 6.60. The summed E-state index contributed by atoms with van der Waals surface area (Å²) in [6.45, 7) is 0. The molecule has 1 aromatic rings. The molecule has 0 N–H and O–H groups in total. The van der Waals surface area contributed by atoms with Crippen LogP contribution in [0, 0.1) is 11.3 Å². The molecule has 0 amide bonds. The van der Waals surface area contributed by atoms with Gasteiger partial charge in [0.05, 0.1) is 12.0 Å². The highest BCUT2D eigenvalue weighted by atomic mass is 16.1. The molecule has 0 bridgehead atoms. The van der Waals surface area contributed by atoms with Crippen LogP contribution >= 0.6 is 0 Å². The largest absolute Gasteiger partial charge is 0.303 e. The number of hydrogen-bond acceptors (Lipinski definition) is 2. The van der Waals surface area contributed by atoms with Gasteiger partial charge in [-0.05, 0) is 5.56 Å². The molecule has 1 unspecified atom stereocenters. The van der Waals surface area contributed by atoms with E-state index in [9.17, 15) is 4.79 Å². The Labute approximate surface area is 71.4 Å². The monoisotopic (exact) mass is 159 g/mol. The molecule has 0 aliphatic carbocycles. The van der Waals surface area contributed by atoms with Crippen molar-refractivity contribution in [3.05, 3.63) is 35.9 Å². The number of carbonyl (C=O) groups is 1. The first-order chi connectivity index (χ1) is 5.88. The summed E-state index contributed by atoms with van der Waals surface area (Å²) in [6.07, 6.45) is 1.06. The number of nitriles is 1. The maximum absolute atomic E-state index is 10.2. The summed E-state index contributed by atoms with van der Waals surface area (Å²) in [5, 5.41) is 8.70. The van der Waals surface area contributed by atoms with Crippen LogP contribution in [0.2, 0.25) is 0 Å². The fourth-order valence-electron chi connectivity index (χ4n) is 1.04. The molecule has 2 heteroatoms. The fraction of sp³-hybridized carbons (Fsp3) is 0.200. The number of hydrogen-bond donors (Lipinski definition) is 0. The van der Waals surface area contributed by atoms with Gasteiger partial charge >= 0.3 is 0 Å². The highest BCUT2D eigenvalue weighted by Crippen LogP contribution is 2.16. The molecular formula is C10H9NO. The van der Waals surface area contributed by atoms with Crippen molar-refractivity contribution < 1.29 is 4.79 Å². The number of carbonyl (C=O) groups excluding carboxylic acids is 1. The fourth-order valence-corrected chi connectivity index (χ4v) is 1.04. The zero-order valence-corrected chi connectivity index (χ0v) is 6.60. The molecule has 1 aromatic carbocycles. The Balaban J connectivity index is 2.82. The van der Waals surface area contributed by atoms with Crippen LogP contribution in [-0.4, -0.2) is 6.29 Å². The Kier molecular flexibility index (Phi) is 3.04. The quantitative estimate of drug-likeness (QED) is 0.632. The molecule has 0 spiro atoms. The van der Waals surface area contributed by atoms with Crippen molar-refractivity contribution in [3.8, 4) is 6.07 Å². The first-order valence-electron chi connectivity index (χ1n) is 3.76. The average Bonchev–Trinajstić information content (AvgIpc) is 2.15. The lowest BCUT2D eigenvalue weighted by molar-refractivity contribution is -0.107. The minimum absolute atomic E-state index is 0.278. The second kappa shape index (κ2) is 4.30. The Morgan fingerprint density at radius 1 is 1.42 bits per heavy atom. The highest BCUT2D eigenvalue weighted by molar-refractivity contribution is 5.53. The van der Waals surface area contributed by atoms with Crippen LogP contribution in [0.4, 0.5) is 0 Å². The number of aldehydes is 1. The van der Waals surface area contributed by atoms with Crippen molar-refractivity contribution >= 4 is 6.29 Å². The van der Waals surface area contributed by atoms with Gasteiger partial charge in [0, 0.05) is 6.42 Å². The minimum atomic E-state index is -0.288. The van der Waals surface area contributed by atoms with Crippen LogP contribution in [0.15, 0.2) is 30.3 Å². The van der Waals surface area contributed by atoms with Crippen molar-refractivity contribution in [2.45, 2.75) is 12.3 Å². The minimum Gasteiger partial charge on any atom is -0.303 e. The lowest BCUT2D eigenvalue weighted by atomic mass is 9.98. The summed E-state index contributed by atoms with van der Waals surface area (Å²) in [6, 6.07) is 11.4. The summed E-state index contributed by atoms with van der Waals surface area (Å²) >= 11 is 0.